The summed E-state index contributed by atoms with van der Waals surface area (Å²) >= 11 is 0. The summed E-state index contributed by atoms with van der Waals surface area (Å²) in [4.78, 5) is 28.2. The zero-order valence-electron chi connectivity index (χ0n) is 27.3. The summed E-state index contributed by atoms with van der Waals surface area (Å²) in [5.74, 6) is 0.0707. The Morgan fingerprint density at radius 2 is 0.875 bits per heavy atom. The second-order valence-corrected chi connectivity index (χ2v) is 11.9. The van der Waals surface area contributed by atoms with E-state index in [1.54, 1.807) is 0 Å². The summed E-state index contributed by atoms with van der Waals surface area (Å²) in [7, 11) is 0. The van der Waals surface area contributed by atoms with Crippen LogP contribution in [0.1, 0.15) is 156 Å². The molecule has 0 aromatic heterocycles. The number of carbonyl (C=O) groups is 2. The molecule has 0 spiro atoms. The highest BCUT2D eigenvalue weighted by molar-refractivity contribution is 5.78. The Balaban J connectivity index is 4.71. The Kier molecular flexibility index (Phi) is 31.5. The predicted octanol–water partition coefficient (Wildman–Crippen LogP) is 7.70. The zero-order chi connectivity index (χ0) is 29.4. The number of hydrogen-bond acceptors (Lipinski definition) is 4. The molecule has 0 rings (SSSR count). The molecule has 0 bridgehead atoms. The molecule has 0 aliphatic carbocycles. The molecule has 0 saturated carbocycles. The van der Waals surface area contributed by atoms with Crippen LogP contribution in [0.5, 0.6) is 0 Å². The third-order valence-corrected chi connectivity index (χ3v) is 8.01. The molecule has 0 radical (unpaired) electrons. The molecule has 238 valence electrons. The molecule has 0 unspecified atom stereocenters. The fourth-order valence-corrected chi connectivity index (χ4v) is 5.36. The highest BCUT2D eigenvalue weighted by atomic mass is 16.2. The van der Waals surface area contributed by atoms with E-state index in [0.29, 0.717) is 26.0 Å². The summed E-state index contributed by atoms with van der Waals surface area (Å²) in [6.45, 7) is 13.7. The number of nitrogens with one attached hydrogen (secondary N) is 2. The van der Waals surface area contributed by atoms with Crippen LogP contribution in [-0.4, -0.2) is 74.5 Å². The number of amides is 2. The zero-order valence-corrected chi connectivity index (χ0v) is 27.3. The van der Waals surface area contributed by atoms with Crippen molar-refractivity contribution in [2.45, 2.75) is 156 Å². The van der Waals surface area contributed by atoms with Gasteiger partial charge in [-0.25, -0.2) is 0 Å². The normalized spacial score (nSPS) is 11.4. The summed E-state index contributed by atoms with van der Waals surface area (Å²) in [5.41, 5.74) is 0. The number of carbonyl (C=O) groups excluding carboxylic acids is 2. The Labute approximate surface area is 250 Å². The van der Waals surface area contributed by atoms with Crippen molar-refractivity contribution >= 4 is 12.3 Å². The summed E-state index contributed by atoms with van der Waals surface area (Å²) < 4.78 is 0. The van der Waals surface area contributed by atoms with E-state index >= 15 is 0 Å². The van der Waals surface area contributed by atoms with Crippen LogP contribution in [0.15, 0.2) is 0 Å². The Hall–Kier alpha value is -1.14. The van der Waals surface area contributed by atoms with E-state index in [1.807, 2.05) is 0 Å². The lowest BCUT2D eigenvalue weighted by atomic mass is 10.1. The van der Waals surface area contributed by atoms with E-state index in [0.717, 1.165) is 19.6 Å². The van der Waals surface area contributed by atoms with E-state index < -0.39 is 0 Å². The van der Waals surface area contributed by atoms with Gasteiger partial charge in [0.2, 0.25) is 12.3 Å². The monoisotopic (exact) mass is 567 g/mol. The predicted molar refractivity (Wildman–Crippen MR) is 174 cm³/mol. The molecular formula is C34H70N4O2. The molecule has 0 aliphatic heterocycles. The average molecular weight is 567 g/mol. The number of hydrogen-bond donors (Lipinski definition) is 2. The molecule has 0 saturated heterocycles. The quantitative estimate of drug-likeness (QED) is 0.0631. The van der Waals surface area contributed by atoms with E-state index in [9.17, 15) is 9.59 Å². The third kappa shape index (κ3) is 28.4. The Morgan fingerprint density at radius 1 is 0.500 bits per heavy atom. The molecule has 6 heteroatoms. The second kappa shape index (κ2) is 32.4. The van der Waals surface area contributed by atoms with Gasteiger partial charge in [0, 0.05) is 26.2 Å². The molecule has 0 atom stereocenters. The minimum Gasteiger partial charge on any atom is -0.357 e. The van der Waals surface area contributed by atoms with Crippen LogP contribution < -0.4 is 10.6 Å². The van der Waals surface area contributed by atoms with Gasteiger partial charge in [0.05, 0.1) is 6.54 Å². The van der Waals surface area contributed by atoms with Crippen molar-refractivity contribution in [1.82, 2.24) is 20.4 Å². The molecule has 0 heterocycles. The molecule has 6 nitrogen and oxygen atoms in total. The minimum atomic E-state index is 0.0707. The SMILES string of the molecule is CCCCCCCCCN(CCCCCCCCC)CCN(CCCCCCCCC)CC(=O)NCCNC=O. The van der Waals surface area contributed by atoms with Crippen LogP contribution in [0.25, 0.3) is 0 Å². The Morgan fingerprint density at radius 3 is 1.30 bits per heavy atom. The van der Waals surface area contributed by atoms with Crippen LogP contribution in [0.4, 0.5) is 0 Å². The van der Waals surface area contributed by atoms with E-state index in [1.165, 1.54) is 148 Å². The average Bonchev–Trinajstić information content (AvgIpc) is 2.95. The number of unbranched alkanes of at least 4 members (excludes halogenated alkanes) is 18. The molecule has 0 aliphatic rings. The van der Waals surface area contributed by atoms with Gasteiger partial charge in [-0.15, -0.1) is 0 Å². The maximum Gasteiger partial charge on any atom is 0.234 e. The lowest BCUT2D eigenvalue weighted by molar-refractivity contribution is -0.122. The lowest BCUT2D eigenvalue weighted by Gasteiger charge is -2.28. The van der Waals surface area contributed by atoms with Crippen LogP contribution in [0.2, 0.25) is 0 Å². The van der Waals surface area contributed by atoms with Crippen molar-refractivity contribution in [2.75, 3.05) is 52.4 Å². The van der Waals surface area contributed by atoms with Crippen LogP contribution in [0, 0.1) is 0 Å². The summed E-state index contributed by atoms with van der Waals surface area (Å²) in [6, 6.07) is 0. The number of rotatable bonds is 33. The highest BCUT2D eigenvalue weighted by Gasteiger charge is 2.13. The molecule has 0 aromatic rings. The second-order valence-electron chi connectivity index (χ2n) is 11.9. The minimum absolute atomic E-state index is 0.0707. The maximum atomic E-state index is 12.6. The van der Waals surface area contributed by atoms with Crippen LogP contribution in [-0.2, 0) is 9.59 Å². The molecular weight excluding hydrogens is 496 g/mol. The first-order chi connectivity index (χ1) is 19.7. The standard InChI is InChI=1S/C34H70N4O2/c1-4-7-10-13-16-19-22-27-37(28-23-20-17-14-11-8-5-2)30-31-38(29-24-21-18-15-12-9-6-3)32-34(40)36-26-25-35-33-39/h33H,4-32H2,1-3H3,(H,35,39)(H,36,40). The van der Waals surface area contributed by atoms with E-state index in [4.69, 9.17) is 0 Å². The molecule has 0 aromatic carbocycles. The molecule has 0 fully saturated rings. The Bertz CT molecular complexity index is 514. The highest BCUT2D eigenvalue weighted by Crippen LogP contribution is 2.11. The van der Waals surface area contributed by atoms with Crippen LogP contribution in [0.3, 0.4) is 0 Å². The molecule has 2 amide bonds. The van der Waals surface area contributed by atoms with Gasteiger partial charge in [-0.2, -0.15) is 0 Å². The smallest absolute Gasteiger partial charge is 0.234 e. The van der Waals surface area contributed by atoms with Gasteiger partial charge in [-0.1, -0.05) is 136 Å². The van der Waals surface area contributed by atoms with Crippen LogP contribution >= 0.6 is 0 Å². The fraction of sp³-hybridized carbons (Fsp3) is 0.941. The first-order valence-electron chi connectivity index (χ1n) is 17.6. The van der Waals surface area contributed by atoms with Gasteiger partial charge in [0.25, 0.3) is 0 Å². The number of nitrogens with zero attached hydrogens (tertiary/aromatic N) is 2. The van der Waals surface area contributed by atoms with Crippen molar-refractivity contribution in [3.05, 3.63) is 0 Å². The van der Waals surface area contributed by atoms with Crippen molar-refractivity contribution in [3.63, 3.8) is 0 Å². The van der Waals surface area contributed by atoms with Gasteiger partial charge in [-0.3, -0.25) is 14.5 Å². The first kappa shape index (κ1) is 38.9. The molecule has 2 N–H and O–H groups in total. The topological polar surface area (TPSA) is 64.7 Å². The van der Waals surface area contributed by atoms with E-state index in [2.05, 4.69) is 41.2 Å². The van der Waals surface area contributed by atoms with Gasteiger partial charge < -0.3 is 15.5 Å². The van der Waals surface area contributed by atoms with Gasteiger partial charge >= 0.3 is 0 Å². The van der Waals surface area contributed by atoms with E-state index in [-0.39, 0.29) is 5.91 Å². The van der Waals surface area contributed by atoms with Crippen molar-refractivity contribution < 1.29 is 9.59 Å². The first-order valence-corrected chi connectivity index (χ1v) is 17.6. The van der Waals surface area contributed by atoms with Gasteiger partial charge in [0.1, 0.15) is 0 Å². The molecule has 40 heavy (non-hydrogen) atoms. The van der Waals surface area contributed by atoms with Crippen molar-refractivity contribution in [3.8, 4) is 0 Å². The van der Waals surface area contributed by atoms with Crippen molar-refractivity contribution in [1.29, 1.82) is 0 Å². The maximum absolute atomic E-state index is 12.6. The largest absolute Gasteiger partial charge is 0.357 e. The lowest BCUT2D eigenvalue weighted by Crippen LogP contribution is -2.43. The van der Waals surface area contributed by atoms with Gasteiger partial charge in [-0.05, 0) is 38.9 Å². The van der Waals surface area contributed by atoms with Crippen molar-refractivity contribution in [2.24, 2.45) is 0 Å². The fourth-order valence-electron chi connectivity index (χ4n) is 5.36. The summed E-state index contributed by atoms with van der Waals surface area (Å²) in [5, 5.41) is 5.59. The van der Waals surface area contributed by atoms with Gasteiger partial charge in [0.15, 0.2) is 0 Å². The third-order valence-electron chi connectivity index (χ3n) is 8.01. The summed E-state index contributed by atoms with van der Waals surface area (Å²) in [6.07, 6.45) is 28.7.